The maximum atomic E-state index is 12.1. The summed E-state index contributed by atoms with van der Waals surface area (Å²) in [5.74, 6) is 0.236. The standard InChI is InChI=1S/C14H17NO.C14H21NO.2C11H11NO.2C11H15NO.C2H3N.3CH4.2HI.V/c1-7-6-12-10(4)8(2)9(3)11(5)13(12)14(16)15-7;1-8-9(2)11(4)13(12(5)10(8)3)14(16)15(6)7;1-7-3-4-10-9(5-7)6-8(2)12-11(10)13;1-7-3-4-9-6-8(2)12-11(13)10(9)5-7;1-8-5-6-10(9(2)7-8)11(13)12(3)4;1-8-5-6-9(2)10(7-8)11(13)12(3)4;1-2-3;;;;;;/h6H,1-5H3,(H,15,16);1-7H3;2*3-6H,1-2H3,(H,12,13);2*5-7H,1-4H3;1H3;3*1H4;2*1H;/q;;;;;;;;;;;;+2/p-2. The average Bonchev–Trinajstić information content (AvgIpc) is 0.787. The van der Waals surface area contributed by atoms with Gasteiger partial charge in [0.15, 0.2) is 0 Å². The number of nitriles is 1. The summed E-state index contributed by atoms with van der Waals surface area (Å²) in [5.41, 5.74) is 22.7. The molecule has 503 valence electrons. The van der Waals surface area contributed by atoms with Crippen LogP contribution in [0.1, 0.15) is 161 Å². The quantitative estimate of drug-likeness (QED) is 0.147. The molecule has 0 saturated heterocycles. The Morgan fingerprint density at radius 1 is 0.387 bits per heavy atom. The zero-order valence-corrected chi connectivity index (χ0v) is 63.3. The Balaban J connectivity index is 0. The summed E-state index contributed by atoms with van der Waals surface area (Å²) < 4.78 is 0. The summed E-state index contributed by atoms with van der Waals surface area (Å²) in [5, 5.41) is 12.8. The van der Waals surface area contributed by atoms with Gasteiger partial charge in [-0.1, -0.05) is 93.1 Å². The first-order chi connectivity index (χ1) is 41.9. The fourth-order valence-electron chi connectivity index (χ4n) is 9.89. The first-order valence-corrected chi connectivity index (χ1v) is 38.3. The molecule has 0 aliphatic heterocycles. The van der Waals surface area contributed by atoms with Crippen molar-refractivity contribution in [1.82, 2.24) is 29.7 Å². The van der Waals surface area contributed by atoms with Gasteiger partial charge in [-0.2, -0.15) is 5.26 Å². The third-order valence-corrected chi connectivity index (χ3v) is 15.6. The van der Waals surface area contributed by atoms with Crippen LogP contribution in [0.15, 0.2) is 105 Å². The van der Waals surface area contributed by atoms with Crippen LogP contribution in [0.2, 0.25) is 0 Å². The van der Waals surface area contributed by atoms with E-state index < -0.39 is 0 Å². The summed E-state index contributed by atoms with van der Waals surface area (Å²) in [6, 6.07) is 31.3. The second-order valence-electron chi connectivity index (χ2n) is 23.3. The number of carbonyl (C=O) groups is 3. The topological polar surface area (TPSA) is 183 Å². The first kappa shape index (κ1) is 88.0. The minimum atomic E-state index is -0.00463. The van der Waals surface area contributed by atoms with Crippen molar-refractivity contribution in [2.24, 2.45) is 0 Å². The predicted molar refractivity (Wildman–Crippen MR) is 412 cm³/mol. The van der Waals surface area contributed by atoms with Crippen LogP contribution in [0.3, 0.4) is 0 Å². The number of nitrogens with one attached hydrogen (secondary N) is 3. The molecule has 9 rings (SSSR count). The van der Waals surface area contributed by atoms with E-state index in [1.165, 1.54) is 51.4 Å². The Morgan fingerprint density at radius 3 is 1.25 bits per heavy atom. The number of aryl methyl sites for hydroxylation is 11. The van der Waals surface area contributed by atoms with Gasteiger partial charge in [-0.3, -0.25) is 28.8 Å². The van der Waals surface area contributed by atoms with Crippen LogP contribution in [0, 0.1) is 136 Å². The van der Waals surface area contributed by atoms with Crippen molar-refractivity contribution >= 4 is 90.0 Å². The molecule has 0 aliphatic rings. The zero-order valence-electron chi connectivity index (χ0n) is 57.6. The van der Waals surface area contributed by atoms with E-state index in [4.69, 9.17) is 5.26 Å². The number of aromatic nitrogens is 3. The molecule has 16 heteroatoms. The number of nitrogens with zero attached hydrogens (tertiary/aromatic N) is 4. The number of hydrogen-bond donors (Lipinski definition) is 3. The second kappa shape index (κ2) is 40.9. The molecule has 6 aromatic carbocycles. The van der Waals surface area contributed by atoms with Crippen LogP contribution in [0.25, 0.3) is 32.3 Å². The molecule has 0 spiro atoms. The summed E-state index contributed by atoms with van der Waals surface area (Å²) in [7, 11) is 11.3. The Bertz CT molecular complexity index is 4230. The molecular formula is C77H105I2N7O6V. The van der Waals surface area contributed by atoms with E-state index in [1.807, 2.05) is 168 Å². The van der Waals surface area contributed by atoms with Gasteiger partial charge in [0.25, 0.3) is 34.4 Å². The van der Waals surface area contributed by atoms with Gasteiger partial charge in [-0.05, 0) is 244 Å². The average molecular weight is 1530 g/mol. The summed E-state index contributed by atoms with van der Waals surface area (Å²) in [6.45, 7) is 37.7. The van der Waals surface area contributed by atoms with E-state index in [0.29, 0.717) is 9.47 Å². The van der Waals surface area contributed by atoms with E-state index in [9.17, 15) is 28.8 Å². The van der Waals surface area contributed by atoms with Gasteiger partial charge in [0.05, 0.1) is 11.5 Å². The Labute approximate surface area is 585 Å². The van der Waals surface area contributed by atoms with Crippen molar-refractivity contribution in [2.45, 2.75) is 154 Å². The molecule has 3 amide bonds. The van der Waals surface area contributed by atoms with Gasteiger partial charge in [0, 0.05) is 93.8 Å². The molecule has 3 N–H and O–H groups in total. The third-order valence-electron chi connectivity index (χ3n) is 15.6. The Hall–Kier alpha value is -7.11. The first-order valence-electron chi connectivity index (χ1n) is 29.3. The number of benzene rings is 6. The number of halogens is 2. The molecule has 9 aromatic rings. The van der Waals surface area contributed by atoms with Crippen LogP contribution in [0.5, 0.6) is 0 Å². The van der Waals surface area contributed by atoms with E-state index in [1.54, 1.807) is 63.1 Å². The molecule has 3 aromatic heterocycles. The number of fused-ring (bicyclic) bond motifs is 3. The third kappa shape index (κ3) is 25.0. The fraction of sp³-hybridized carbons (Fsp3) is 0.364. The van der Waals surface area contributed by atoms with Crippen LogP contribution in [0.4, 0.5) is 0 Å². The monoisotopic (exact) mass is 1530 g/mol. The van der Waals surface area contributed by atoms with Gasteiger partial charge in [0.1, 0.15) is 0 Å². The van der Waals surface area contributed by atoms with Crippen molar-refractivity contribution in [2.75, 3.05) is 42.3 Å². The molecule has 0 bridgehead atoms. The van der Waals surface area contributed by atoms with Gasteiger partial charge in [0.2, 0.25) is 0 Å². The maximum absolute atomic E-state index is 12.1. The zero-order chi connectivity index (χ0) is 68.9. The van der Waals surface area contributed by atoms with Gasteiger partial charge in [-0.25, -0.2) is 0 Å². The summed E-state index contributed by atoms with van der Waals surface area (Å²) >= 11 is 4.74. The van der Waals surface area contributed by atoms with Crippen LogP contribution in [-0.2, 0) is 9.47 Å². The van der Waals surface area contributed by atoms with Crippen molar-refractivity contribution in [1.29, 1.82) is 5.26 Å². The molecule has 0 aliphatic carbocycles. The van der Waals surface area contributed by atoms with E-state index in [-0.39, 0.29) is 56.7 Å². The molecule has 13 nitrogen and oxygen atoms in total. The van der Waals surface area contributed by atoms with Crippen LogP contribution in [-0.4, -0.2) is 89.7 Å². The number of hydrogen-bond acceptors (Lipinski definition) is 7. The van der Waals surface area contributed by atoms with E-state index in [2.05, 4.69) is 103 Å². The molecule has 93 heavy (non-hydrogen) atoms. The Kier molecular flexibility index (Phi) is 38.7. The van der Waals surface area contributed by atoms with Crippen LogP contribution >= 0.6 is 40.0 Å². The number of rotatable bonds is 3. The normalized spacial score (nSPS) is 9.66. The van der Waals surface area contributed by atoms with Crippen molar-refractivity contribution in [3.63, 3.8) is 0 Å². The molecule has 0 unspecified atom stereocenters. The van der Waals surface area contributed by atoms with Gasteiger partial charge < -0.3 is 29.7 Å². The minimum absolute atomic E-state index is 0. The van der Waals surface area contributed by atoms with Gasteiger partial charge in [-0.15, -0.1) is 0 Å². The fourth-order valence-corrected chi connectivity index (χ4v) is 9.89. The summed E-state index contributed by atoms with van der Waals surface area (Å²) in [6.07, 6.45) is 0. The SMILES string of the molecule is C.C.C.CC#N.Cc1c(C)c(C)c(C(=O)N(C)C)c(C)c1C.Cc1cc2c(C)c(C)c(C)c(C)c2c(=O)[nH]1.Cc1ccc(C(=O)N(C)C)c(C)c1.Cc1ccc(C)c(C(=O)N(C)C)c1.Cc1ccc2c(=O)[nH]c(C)cc2c1.Cc1ccc2cc(C)[nH]c(=O)c2c1.[I][V][I]. The van der Waals surface area contributed by atoms with Crippen molar-refractivity contribution in [3.05, 3.63) is 239 Å². The van der Waals surface area contributed by atoms with Crippen molar-refractivity contribution in [3.8, 4) is 6.07 Å². The number of H-pyrrole nitrogens is 3. The molecular weight excluding hydrogens is 1420 g/mol. The molecule has 3 heterocycles. The number of aromatic amines is 3. The second-order valence-corrected chi connectivity index (χ2v) is 35.1. The molecule has 0 atom stereocenters. The summed E-state index contributed by atoms with van der Waals surface area (Å²) in [4.78, 5) is 83.6. The van der Waals surface area contributed by atoms with Crippen molar-refractivity contribution < 1.29 is 23.8 Å². The Morgan fingerprint density at radius 2 is 0.753 bits per heavy atom. The molecule has 0 saturated carbocycles. The number of carbonyl (C=O) groups excluding carboxylic acids is 3. The number of amides is 3. The molecule has 0 fully saturated rings. The van der Waals surface area contributed by atoms with Gasteiger partial charge >= 0.3 is 49.4 Å². The predicted octanol–water partition coefficient (Wildman–Crippen LogP) is 18.5. The molecule has 0 radical (unpaired) electrons. The number of pyridine rings is 3. The van der Waals surface area contributed by atoms with E-state index in [0.717, 1.165) is 105 Å². The van der Waals surface area contributed by atoms with E-state index >= 15 is 0 Å². The van der Waals surface area contributed by atoms with Crippen LogP contribution < -0.4 is 16.7 Å².